The molecule has 2 atom stereocenters. The van der Waals surface area contributed by atoms with Gasteiger partial charge in [0, 0.05) is 0 Å². The van der Waals surface area contributed by atoms with Crippen LogP contribution in [0.4, 0.5) is 13.2 Å². The van der Waals surface area contributed by atoms with Crippen molar-refractivity contribution in [2.75, 3.05) is 0 Å². The maximum Gasteiger partial charge on any atom is 0.394 e. The van der Waals surface area contributed by atoms with Gasteiger partial charge < -0.3 is 0 Å². The van der Waals surface area contributed by atoms with Crippen molar-refractivity contribution in [2.24, 2.45) is 29.1 Å². The largest absolute Gasteiger partial charge is 0.394 e. The Balaban J connectivity index is 5.59. The van der Waals surface area contributed by atoms with Crippen LogP contribution in [0.1, 0.15) is 54.9 Å². The lowest BCUT2D eigenvalue weighted by Gasteiger charge is -2.47. The fourth-order valence-corrected chi connectivity index (χ4v) is 3.38. The van der Waals surface area contributed by atoms with Crippen molar-refractivity contribution in [1.29, 1.82) is 0 Å². The lowest BCUT2D eigenvalue weighted by Crippen LogP contribution is -2.50. The van der Waals surface area contributed by atoms with Gasteiger partial charge in [0.1, 0.15) is 0 Å². The highest BCUT2D eigenvalue weighted by molar-refractivity contribution is 4.94. The average molecular weight is 252 g/mol. The summed E-state index contributed by atoms with van der Waals surface area (Å²) >= 11 is 0. The molecule has 0 saturated heterocycles. The highest BCUT2D eigenvalue weighted by Gasteiger charge is 2.59. The molecule has 0 N–H and O–H groups in total. The van der Waals surface area contributed by atoms with E-state index in [-0.39, 0.29) is 23.7 Å². The number of hydrogen-bond donors (Lipinski definition) is 0. The Morgan fingerprint density at radius 1 is 0.882 bits per heavy atom. The predicted octanol–water partition coefficient (Wildman–Crippen LogP) is 5.53. The summed E-state index contributed by atoms with van der Waals surface area (Å²) < 4.78 is 40.5. The molecule has 0 heterocycles. The van der Waals surface area contributed by atoms with E-state index in [2.05, 4.69) is 0 Å². The molecule has 0 spiro atoms. The van der Waals surface area contributed by atoms with E-state index in [4.69, 9.17) is 0 Å². The molecule has 0 aliphatic heterocycles. The van der Waals surface area contributed by atoms with Crippen molar-refractivity contribution in [2.45, 2.75) is 61.1 Å². The summed E-state index contributed by atoms with van der Waals surface area (Å²) in [5, 5.41) is 0. The molecule has 0 rings (SSSR count). The second kappa shape index (κ2) is 5.62. The molecule has 0 saturated carbocycles. The molecule has 0 aromatic carbocycles. The molecule has 104 valence electrons. The summed E-state index contributed by atoms with van der Waals surface area (Å²) in [5.74, 6) is -0.610. The molecule has 0 nitrogen and oxygen atoms in total. The quantitative estimate of drug-likeness (QED) is 0.603. The van der Waals surface area contributed by atoms with Gasteiger partial charge in [-0.15, -0.1) is 0 Å². The average Bonchev–Trinajstić information content (AvgIpc) is 2.13. The van der Waals surface area contributed by atoms with E-state index in [0.29, 0.717) is 6.42 Å². The van der Waals surface area contributed by atoms with Crippen LogP contribution < -0.4 is 0 Å². The van der Waals surface area contributed by atoms with E-state index in [1.165, 1.54) is 6.92 Å². The molecule has 0 fully saturated rings. The van der Waals surface area contributed by atoms with Crippen LogP contribution in [0.3, 0.4) is 0 Å². The van der Waals surface area contributed by atoms with Crippen LogP contribution in [-0.2, 0) is 0 Å². The van der Waals surface area contributed by atoms with Crippen LogP contribution >= 0.6 is 0 Å². The zero-order valence-electron chi connectivity index (χ0n) is 12.2. The summed E-state index contributed by atoms with van der Waals surface area (Å²) in [7, 11) is 0. The number of halogens is 3. The summed E-state index contributed by atoms with van der Waals surface area (Å²) in [6, 6.07) is 0. The summed E-state index contributed by atoms with van der Waals surface area (Å²) in [4.78, 5) is 0. The Morgan fingerprint density at radius 2 is 1.24 bits per heavy atom. The van der Waals surface area contributed by atoms with E-state index >= 15 is 0 Å². The van der Waals surface area contributed by atoms with Crippen molar-refractivity contribution in [3.8, 4) is 0 Å². The van der Waals surface area contributed by atoms with E-state index in [0.717, 1.165) is 0 Å². The Kier molecular flexibility index (Phi) is 5.55. The van der Waals surface area contributed by atoms with Crippen molar-refractivity contribution in [3.05, 3.63) is 0 Å². The first-order chi connectivity index (χ1) is 7.50. The second-order valence-corrected chi connectivity index (χ2v) is 6.10. The third kappa shape index (κ3) is 3.17. The minimum atomic E-state index is -4.14. The maximum absolute atomic E-state index is 13.5. The summed E-state index contributed by atoms with van der Waals surface area (Å²) in [5.41, 5.74) is -1.59. The van der Waals surface area contributed by atoms with Crippen LogP contribution in [-0.4, -0.2) is 6.18 Å². The second-order valence-electron chi connectivity index (χ2n) is 6.10. The van der Waals surface area contributed by atoms with Crippen LogP contribution in [0.2, 0.25) is 0 Å². The maximum atomic E-state index is 13.5. The zero-order chi connectivity index (χ0) is 14.0. The van der Waals surface area contributed by atoms with E-state index < -0.39 is 11.6 Å². The van der Waals surface area contributed by atoms with Gasteiger partial charge in [0.25, 0.3) is 0 Å². The lowest BCUT2D eigenvalue weighted by molar-refractivity contribution is -0.265. The van der Waals surface area contributed by atoms with Gasteiger partial charge in [0.2, 0.25) is 0 Å². The monoisotopic (exact) mass is 252 g/mol. The molecule has 0 amide bonds. The zero-order valence-corrected chi connectivity index (χ0v) is 12.2. The lowest BCUT2D eigenvalue weighted by atomic mass is 9.60. The number of alkyl halides is 3. The van der Waals surface area contributed by atoms with Gasteiger partial charge in [-0.3, -0.25) is 0 Å². The molecule has 0 aromatic rings. The van der Waals surface area contributed by atoms with Crippen LogP contribution in [0, 0.1) is 29.1 Å². The Morgan fingerprint density at radius 3 is 1.41 bits per heavy atom. The van der Waals surface area contributed by atoms with Crippen LogP contribution in [0.15, 0.2) is 0 Å². The first-order valence-electron chi connectivity index (χ1n) is 6.56. The topological polar surface area (TPSA) is 0 Å². The van der Waals surface area contributed by atoms with E-state index in [1.807, 2.05) is 34.6 Å². The number of hydrogen-bond acceptors (Lipinski definition) is 0. The molecular formula is C14H27F3. The molecule has 0 aliphatic carbocycles. The molecule has 17 heavy (non-hydrogen) atoms. The first-order valence-corrected chi connectivity index (χ1v) is 6.56. The molecule has 0 aromatic heterocycles. The van der Waals surface area contributed by atoms with Crippen molar-refractivity contribution < 1.29 is 13.2 Å². The van der Waals surface area contributed by atoms with Crippen LogP contribution in [0.5, 0.6) is 0 Å². The SMILES string of the molecule is CCC(C)[C@@](C)(C(C(C)C)C(C)C)C(F)(F)F. The van der Waals surface area contributed by atoms with E-state index in [9.17, 15) is 13.2 Å². The Bertz CT molecular complexity index is 222. The molecular weight excluding hydrogens is 225 g/mol. The third-order valence-corrected chi connectivity index (χ3v) is 4.38. The van der Waals surface area contributed by atoms with Crippen molar-refractivity contribution in [1.82, 2.24) is 0 Å². The van der Waals surface area contributed by atoms with Gasteiger partial charge in [-0.2, -0.15) is 13.2 Å². The van der Waals surface area contributed by atoms with Gasteiger partial charge in [0.15, 0.2) is 0 Å². The van der Waals surface area contributed by atoms with Crippen molar-refractivity contribution >= 4 is 0 Å². The van der Waals surface area contributed by atoms with Gasteiger partial charge in [-0.25, -0.2) is 0 Å². The highest BCUT2D eigenvalue weighted by Crippen LogP contribution is 2.54. The normalized spacial score (nSPS) is 18.9. The highest BCUT2D eigenvalue weighted by atomic mass is 19.4. The standard InChI is InChI=1S/C14H27F3/c1-8-11(6)13(7,14(15,16)17)12(9(2)3)10(4)5/h9-12H,8H2,1-7H3/t11?,13-/m0/s1. The van der Waals surface area contributed by atoms with E-state index in [1.54, 1.807) is 6.92 Å². The van der Waals surface area contributed by atoms with Crippen molar-refractivity contribution in [3.63, 3.8) is 0 Å². The summed E-state index contributed by atoms with van der Waals surface area (Å²) in [6.45, 7) is 12.6. The molecule has 0 bridgehead atoms. The molecule has 0 aliphatic rings. The van der Waals surface area contributed by atoms with Gasteiger partial charge in [-0.1, -0.05) is 54.9 Å². The molecule has 0 radical (unpaired) electrons. The number of rotatable bonds is 5. The Hall–Kier alpha value is -0.210. The van der Waals surface area contributed by atoms with Crippen LogP contribution in [0.25, 0.3) is 0 Å². The molecule has 3 heteroatoms. The molecule has 1 unspecified atom stereocenters. The minimum absolute atomic E-state index is 0.0376. The first kappa shape index (κ1) is 16.8. The fraction of sp³-hybridized carbons (Fsp3) is 1.00. The smallest absolute Gasteiger partial charge is 0.170 e. The fourth-order valence-electron chi connectivity index (χ4n) is 3.38. The van der Waals surface area contributed by atoms with Gasteiger partial charge >= 0.3 is 6.18 Å². The summed E-state index contributed by atoms with van der Waals surface area (Å²) in [6.07, 6.45) is -3.58. The van der Waals surface area contributed by atoms with Gasteiger partial charge in [0.05, 0.1) is 5.41 Å². The Labute approximate surface area is 104 Å². The van der Waals surface area contributed by atoms with Gasteiger partial charge in [-0.05, 0) is 23.7 Å². The predicted molar refractivity (Wildman–Crippen MR) is 66.8 cm³/mol. The third-order valence-electron chi connectivity index (χ3n) is 4.38. The minimum Gasteiger partial charge on any atom is -0.170 e.